The van der Waals surface area contributed by atoms with Crippen LogP contribution in [0, 0.1) is 59.2 Å². The van der Waals surface area contributed by atoms with Crippen LogP contribution < -0.4 is 0 Å². The van der Waals surface area contributed by atoms with Crippen LogP contribution in [0.3, 0.4) is 0 Å². The zero-order valence-corrected chi connectivity index (χ0v) is 43.8. The number of hydrogen-bond acceptors (Lipinski definition) is 5. The topological polar surface area (TPSA) is 102 Å². The van der Waals surface area contributed by atoms with Crippen molar-refractivity contribution in [2.24, 2.45) is 59.2 Å². The maximum atomic E-state index is 11.6. The van der Waals surface area contributed by atoms with E-state index in [2.05, 4.69) is 74.1 Å². The Hall–Kier alpha value is -2.65. The minimum atomic E-state index is 0.307. The van der Waals surface area contributed by atoms with E-state index in [1.807, 2.05) is 54.2 Å². The highest BCUT2D eigenvalue weighted by atomic mass is 16.2. The number of hydrogen-bond donors (Lipinski definition) is 0. The Morgan fingerprint density at radius 2 is 0.587 bits per heavy atom. The lowest BCUT2D eigenvalue weighted by atomic mass is 9.87. The van der Waals surface area contributed by atoms with Gasteiger partial charge in [0.2, 0.25) is 29.5 Å². The first-order valence-corrected chi connectivity index (χ1v) is 26.1. The van der Waals surface area contributed by atoms with Crippen molar-refractivity contribution in [3.8, 4) is 0 Å². The molecule has 0 N–H and O–H groups in total. The van der Waals surface area contributed by atoms with Crippen molar-refractivity contribution >= 4 is 29.5 Å². The number of carbonyl (C=O) groups excluding carboxylic acids is 5. The van der Waals surface area contributed by atoms with E-state index >= 15 is 0 Å². The van der Waals surface area contributed by atoms with Gasteiger partial charge in [-0.1, -0.05) is 110 Å². The van der Waals surface area contributed by atoms with E-state index in [1.54, 1.807) is 0 Å². The molecule has 5 rings (SSSR count). The molecule has 10 nitrogen and oxygen atoms in total. The van der Waals surface area contributed by atoms with Gasteiger partial charge in [-0.05, 0) is 104 Å². The van der Waals surface area contributed by atoms with Crippen LogP contribution in [0.1, 0.15) is 187 Å². The molecule has 5 heterocycles. The first kappa shape index (κ1) is 58.4. The van der Waals surface area contributed by atoms with Crippen molar-refractivity contribution in [1.82, 2.24) is 24.5 Å². The van der Waals surface area contributed by atoms with Gasteiger partial charge in [0.05, 0.1) is 0 Å². The molecule has 0 aliphatic carbocycles. The van der Waals surface area contributed by atoms with Crippen LogP contribution in [0.2, 0.25) is 0 Å². The van der Waals surface area contributed by atoms with Crippen LogP contribution in [0.25, 0.3) is 0 Å². The third-order valence-corrected chi connectivity index (χ3v) is 14.8. The van der Waals surface area contributed by atoms with E-state index in [9.17, 15) is 24.0 Å². The summed E-state index contributed by atoms with van der Waals surface area (Å²) in [6.07, 6.45) is 13.1. The molecule has 0 saturated carbocycles. The fraction of sp³-hybridized carbons (Fsp3) is 0.906. The quantitative estimate of drug-likeness (QED) is 0.217. The number of amides is 5. The molecular weight excluding hydrogens is 787 g/mol. The molecule has 0 aromatic rings. The molecule has 3 unspecified atom stereocenters. The summed E-state index contributed by atoms with van der Waals surface area (Å²) in [6.45, 7) is 42.1. The number of likely N-dealkylation sites (tertiary alicyclic amines) is 5. The van der Waals surface area contributed by atoms with Crippen molar-refractivity contribution in [1.29, 1.82) is 0 Å². The first-order chi connectivity index (χ1) is 29.7. The molecule has 0 aromatic carbocycles. The molecule has 3 atom stereocenters. The molecule has 63 heavy (non-hydrogen) atoms. The highest BCUT2D eigenvalue weighted by Gasteiger charge is 2.31. The van der Waals surface area contributed by atoms with Crippen LogP contribution >= 0.6 is 0 Å². The van der Waals surface area contributed by atoms with Crippen LogP contribution in [-0.4, -0.2) is 119 Å². The Kier molecular flexibility index (Phi) is 29.0. The fourth-order valence-electron chi connectivity index (χ4n) is 9.36. The van der Waals surface area contributed by atoms with Crippen LogP contribution in [0.4, 0.5) is 0 Å². The van der Waals surface area contributed by atoms with Crippen LogP contribution in [0.5, 0.6) is 0 Å². The van der Waals surface area contributed by atoms with E-state index in [4.69, 9.17) is 0 Å². The van der Waals surface area contributed by atoms with E-state index in [0.717, 1.165) is 107 Å². The van der Waals surface area contributed by atoms with E-state index in [-0.39, 0.29) is 0 Å². The monoisotopic (exact) mass is 888 g/mol. The van der Waals surface area contributed by atoms with Gasteiger partial charge in [-0.3, -0.25) is 24.0 Å². The molecular formula is C53H101N5O5. The third kappa shape index (κ3) is 21.5. The number of carbonyl (C=O) groups is 5. The Morgan fingerprint density at radius 1 is 0.317 bits per heavy atom. The molecule has 0 bridgehead atoms. The second-order valence-corrected chi connectivity index (χ2v) is 21.0. The lowest BCUT2D eigenvalue weighted by Gasteiger charge is -2.41. The normalized spacial score (nSPS) is 22.0. The summed E-state index contributed by atoms with van der Waals surface area (Å²) >= 11 is 0. The SMILES string of the molecule is CCC(=O)N1CC(C(C)C)C1.CCC(=O)N1CCC(C(C)C)C1.CCC(=O)N1CCC(C(C)C)CC1.CCC(=O)N1CCCC(C(C)C)C1.CCC(=O)N1CCCCC(C(C)C)C1. The maximum absolute atomic E-state index is 11.6. The second-order valence-electron chi connectivity index (χ2n) is 21.0. The molecule has 5 saturated heterocycles. The van der Waals surface area contributed by atoms with Gasteiger partial charge in [-0.25, -0.2) is 0 Å². The van der Waals surface area contributed by atoms with Gasteiger partial charge in [0.1, 0.15) is 0 Å². The molecule has 368 valence electrons. The summed E-state index contributed by atoms with van der Waals surface area (Å²) in [5, 5.41) is 0. The molecule has 5 aliphatic rings. The van der Waals surface area contributed by atoms with Gasteiger partial charge in [-0.2, -0.15) is 0 Å². The van der Waals surface area contributed by atoms with Crippen LogP contribution in [0.15, 0.2) is 0 Å². The highest BCUT2D eigenvalue weighted by molar-refractivity contribution is 5.77. The van der Waals surface area contributed by atoms with E-state index < -0.39 is 0 Å². The fourth-order valence-corrected chi connectivity index (χ4v) is 9.36. The van der Waals surface area contributed by atoms with E-state index in [1.165, 1.54) is 51.4 Å². The predicted molar refractivity (Wildman–Crippen MR) is 263 cm³/mol. The van der Waals surface area contributed by atoms with Crippen molar-refractivity contribution in [3.05, 3.63) is 0 Å². The summed E-state index contributed by atoms with van der Waals surface area (Å²) in [5.74, 6) is 9.02. The largest absolute Gasteiger partial charge is 0.343 e. The number of piperidine rings is 2. The zero-order valence-electron chi connectivity index (χ0n) is 43.8. The Bertz CT molecular complexity index is 1300. The lowest BCUT2D eigenvalue weighted by Crippen LogP contribution is -2.51. The van der Waals surface area contributed by atoms with Crippen molar-refractivity contribution < 1.29 is 24.0 Å². The standard InChI is InChI=1S/C12H23NO.2C11H21NO.C10H19NO.C9H17NO/c1-4-12(14)13-8-6-5-7-11(9-13)10(2)3;1-4-11(13)12-7-5-10(6-8-12)9(2)3;1-4-11(13)12-7-5-6-10(8-12)9(2)3;1-4-10(12)11-6-5-9(7-11)8(2)3;1-4-9(11)10-5-8(6-10)7(2)3/h10-11H,4-9H2,1-3H3;2*9-10H,4-8H2,1-3H3;8-9H,4-7H2,1-3H3;7-8H,4-6H2,1-3H3. The van der Waals surface area contributed by atoms with Gasteiger partial charge >= 0.3 is 0 Å². The average Bonchev–Trinajstić information content (AvgIpc) is 3.64. The van der Waals surface area contributed by atoms with Crippen LogP contribution in [-0.2, 0) is 24.0 Å². The van der Waals surface area contributed by atoms with E-state index in [0.29, 0.717) is 79.4 Å². The molecule has 5 fully saturated rings. The molecule has 5 aliphatic heterocycles. The Balaban J connectivity index is 0.000000395. The minimum absolute atomic E-state index is 0.307. The zero-order chi connectivity index (χ0) is 47.8. The molecule has 0 radical (unpaired) electrons. The second kappa shape index (κ2) is 31.3. The van der Waals surface area contributed by atoms with Gasteiger partial charge < -0.3 is 24.5 Å². The van der Waals surface area contributed by atoms with Crippen molar-refractivity contribution in [3.63, 3.8) is 0 Å². The van der Waals surface area contributed by atoms with Crippen molar-refractivity contribution in [2.75, 3.05) is 65.4 Å². The Morgan fingerprint density at radius 3 is 0.952 bits per heavy atom. The minimum Gasteiger partial charge on any atom is -0.343 e. The smallest absolute Gasteiger partial charge is 0.222 e. The Labute approximate surface area is 388 Å². The van der Waals surface area contributed by atoms with Gasteiger partial charge in [0.15, 0.2) is 0 Å². The average molecular weight is 888 g/mol. The molecule has 0 aromatic heterocycles. The summed E-state index contributed by atoms with van der Waals surface area (Å²) in [6, 6.07) is 0. The van der Waals surface area contributed by atoms with Crippen molar-refractivity contribution in [2.45, 2.75) is 187 Å². The predicted octanol–water partition coefficient (Wildman–Crippen LogP) is 10.7. The summed E-state index contributed by atoms with van der Waals surface area (Å²) in [4.78, 5) is 66.9. The lowest BCUT2D eigenvalue weighted by molar-refractivity contribution is -0.138. The summed E-state index contributed by atoms with van der Waals surface area (Å²) in [7, 11) is 0. The number of rotatable bonds is 10. The third-order valence-electron chi connectivity index (χ3n) is 14.8. The highest BCUT2D eigenvalue weighted by Crippen LogP contribution is 2.27. The number of nitrogens with zero attached hydrogens (tertiary/aromatic N) is 5. The summed E-state index contributed by atoms with van der Waals surface area (Å²) < 4.78 is 0. The maximum Gasteiger partial charge on any atom is 0.222 e. The molecule has 5 amide bonds. The first-order valence-electron chi connectivity index (χ1n) is 26.1. The molecule has 0 spiro atoms. The summed E-state index contributed by atoms with van der Waals surface area (Å²) in [5.41, 5.74) is 0. The van der Waals surface area contributed by atoms with Gasteiger partial charge in [0, 0.05) is 97.6 Å². The van der Waals surface area contributed by atoms with Gasteiger partial charge in [-0.15, -0.1) is 0 Å². The molecule has 10 heteroatoms. The van der Waals surface area contributed by atoms with Gasteiger partial charge in [0.25, 0.3) is 0 Å².